The van der Waals surface area contributed by atoms with Gasteiger partial charge in [0.25, 0.3) is 0 Å². The van der Waals surface area contributed by atoms with Crippen LogP contribution < -0.4 is 0 Å². The van der Waals surface area contributed by atoms with E-state index in [1.807, 2.05) is 0 Å². The van der Waals surface area contributed by atoms with Gasteiger partial charge < -0.3 is 14.6 Å². The van der Waals surface area contributed by atoms with Crippen molar-refractivity contribution in [1.82, 2.24) is 0 Å². The zero-order chi connectivity index (χ0) is 47.7. The fraction of sp³-hybridized carbons (Fsp3) is 0.574. The van der Waals surface area contributed by atoms with Crippen molar-refractivity contribution in [3.8, 4) is 0 Å². The molecule has 0 saturated heterocycles. The van der Waals surface area contributed by atoms with Crippen LogP contribution in [-0.4, -0.2) is 36.4 Å². The Kier molecular flexibility index (Phi) is 51.6. The van der Waals surface area contributed by atoms with E-state index < -0.39 is 6.10 Å². The molecule has 0 saturated carbocycles. The van der Waals surface area contributed by atoms with Gasteiger partial charge in [-0.3, -0.25) is 9.59 Å². The van der Waals surface area contributed by atoms with Gasteiger partial charge in [-0.1, -0.05) is 224 Å². The minimum atomic E-state index is -0.803. The molecule has 0 spiro atoms. The number of hydrogen-bond donors (Lipinski definition) is 1. The van der Waals surface area contributed by atoms with Gasteiger partial charge in [-0.15, -0.1) is 0 Å². The standard InChI is InChI=1S/C61H96O5/c1-3-5-7-9-11-13-15-17-19-21-23-25-27-29-30-32-33-35-37-39-41-43-45-47-49-51-53-55-60(63)65-58-59(57-62)66-61(64)56-54-52-50-48-46-44-42-40-38-36-34-31-28-26-24-22-20-18-16-14-12-10-8-6-4-2/h5-8,11-14,17-20,23-26,29-31,34,38,40,44,46,59,62H,3-4,9-10,15-16,21-22,27-28,32-33,35-37,39,41-43,45,47-58H2,1-2H3/b7-5-,8-6-,13-11-,14-12-,19-17-,20-18-,25-23-,26-24-,30-29-,34-31-,40-38-,46-44-. The van der Waals surface area contributed by atoms with Gasteiger partial charge in [-0.05, 0) is 116 Å². The van der Waals surface area contributed by atoms with Crippen LogP contribution in [-0.2, 0) is 19.1 Å². The van der Waals surface area contributed by atoms with Crippen molar-refractivity contribution in [3.05, 3.63) is 146 Å². The molecule has 1 unspecified atom stereocenters. The van der Waals surface area contributed by atoms with E-state index in [9.17, 15) is 14.7 Å². The van der Waals surface area contributed by atoms with E-state index in [2.05, 4.69) is 160 Å². The van der Waals surface area contributed by atoms with Crippen molar-refractivity contribution in [2.45, 2.75) is 213 Å². The van der Waals surface area contributed by atoms with E-state index in [0.717, 1.165) is 122 Å². The van der Waals surface area contributed by atoms with Gasteiger partial charge in [0.2, 0.25) is 0 Å². The van der Waals surface area contributed by atoms with E-state index in [-0.39, 0.29) is 25.2 Å². The van der Waals surface area contributed by atoms with E-state index >= 15 is 0 Å². The fourth-order valence-corrected chi connectivity index (χ4v) is 6.74. The minimum Gasteiger partial charge on any atom is -0.462 e. The number of carbonyl (C=O) groups excluding carboxylic acids is 2. The van der Waals surface area contributed by atoms with Gasteiger partial charge in [0.15, 0.2) is 6.10 Å². The number of ether oxygens (including phenoxy) is 2. The molecule has 0 bridgehead atoms. The third kappa shape index (κ3) is 52.4. The summed E-state index contributed by atoms with van der Waals surface area (Å²) in [6.45, 7) is 3.87. The molecular formula is C61H96O5. The highest BCUT2D eigenvalue weighted by molar-refractivity contribution is 5.70. The number of hydrogen-bond acceptors (Lipinski definition) is 5. The second kappa shape index (κ2) is 55.1. The van der Waals surface area contributed by atoms with Crippen LogP contribution in [0.4, 0.5) is 0 Å². The highest BCUT2D eigenvalue weighted by Gasteiger charge is 2.16. The zero-order valence-electron chi connectivity index (χ0n) is 42.1. The molecule has 0 aliphatic carbocycles. The Bertz CT molecular complexity index is 1450. The molecule has 0 aliphatic rings. The molecule has 5 heteroatoms. The maximum Gasteiger partial charge on any atom is 0.306 e. The molecule has 0 radical (unpaired) electrons. The molecule has 5 nitrogen and oxygen atoms in total. The summed E-state index contributed by atoms with van der Waals surface area (Å²) in [6, 6.07) is 0. The van der Waals surface area contributed by atoms with Gasteiger partial charge in [0, 0.05) is 12.8 Å². The van der Waals surface area contributed by atoms with E-state index in [0.29, 0.717) is 12.8 Å². The first-order chi connectivity index (χ1) is 32.6. The quantitative estimate of drug-likeness (QED) is 0.0374. The van der Waals surface area contributed by atoms with Gasteiger partial charge >= 0.3 is 11.9 Å². The lowest BCUT2D eigenvalue weighted by Gasteiger charge is -2.15. The Morgan fingerprint density at radius 2 is 0.606 bits per heavy atom. The lowest BCUT2D eigenvalue weighted by Crippen LogP contribution is -2.28. The van der Waals surface area contributed by atoms with Crippen molar-refractivity contribution in [3.63, 3.8) is 0 Å². The first kappa shape index (κ1) is 61.8. The molecule has 0 rings (SSSR count). The third-order valence-corrected chi connectivity index (χ3v) is 10.6. The molecule has 0 fully saturated rings. The summed E-state index contributed by atoms with van der Waals surface area (Å²) in [7, 11) is 0. The molecule has 370 valence electrons. The Balaban J connectivity index is 3.64. The van der Waals surface area contributed by atoms with Crippen molar-refractivity contribution < 1.29 is 24.2 Å². The van der Waals surface area contributed by atoms with Crippen LogP contribution in [0.25, 0.3) is 0 Å². The molecule has 1 atom stereocenters. The van der Waals surface area contributed by atoms with Crippen LogP contribution in [0.1, 0.15) is 206 Å². The number of rotatable bonds is 46. The molecular weight excluding hydrogens is 813 g/mol. The van der Waals surface area contributed by atoms with E-state index in [1.165, 1.54) is 57.8 Å². The average molecular weight is 909 g/mol. The lowest BCUT2D eigenvalue weighted by molar-refractivity contribution is -0.161. The van der Waals surface area contributed by atoms with E-state index in [1.54, 1.807) is 0 Å². The number of aliphatic hydroxyl groups excluding tert-OH is 1. The van der Waals surface area contributed by atoms with Crippen LogP contribution in [0.5, 0.6) is 0 Å². The molecule has 0 aromatic rings. The minimum absolute atomic E-state index is 0.0913. The molecule has 0 aromatic carbocycles. The second-order valence-electron chi connectivity index (χ2n) is 16.8. The number of unbranched alkanes of at least 4 members (excludes halogenated alkanes) is 14. The largest absolute Gasteiger partial charge is 0.462 e. The normalized spacial score (nSPS) is 13.4. The molecule has 0 heterocycles. The predicted octanol–water partition coefficient (Wildman–Crippen LogP) is 17.9. The summed E-state index contributed by atoms with van der Waals surface area (Å²) in [6.07, 6.45) is 83.7. The van der Waals surface area contributed by atoms with Gasteiger partial charge in [0.05, 0.1) is 6.61 Å². The Morgan fingerprint density at radius 3 is 0.924 bits per heavy atom. The van der Waals surface area contributed by atoms with Crippen LogP contribution in [0.2, 0.25) is 0 Å². The first-order valence-corrected chi connectivity index (χ1v) is 26.4. The van der Waals surface area contributed by atoms with Crippen molar-refractivity contribution in [2.75, 3.05) is 13.2 Å². The maximum atomic E-state index is 12.3. The van der Waals surface area contributed by atoms with Gasteiger partial charge in [-0.25, -0.2) is 0 Å². The Hall–Kier alpha value is -4.22. The summed E-state index contributed by atoms with van der Waals surface area (Å²) >= 11 is 0. The smallest absolute Gasteiger partial charge is 0.306 e. The third-order valence-electron chi connectivity index (χ3n) is 10.6. The van der Waals surface area contributed by atoms with Crippen molar-refractivity contribution >= 4 is 11.9 Å². The zero-order valence-corrected chi connectivity index (χ0v) is 42.1. The number of esters is 2. The predicted molar refractivity (Wildman–Crippen MR) is 287 cm³/mol. The number of aliphatic hydroxyl groups is 1. The van der Waals surface area contributed by atoms with Crippen molar-refractivity contribution in [1.29, 1.82) is 0 Å². The van der Waals surface area contributed by atoms with Crippen LogP contribution in [0, 0.1) is 0 Å². The molecule has 66 heavy (non-hydrogen) atoms. The average Bonchev–Trinajstić information content (AvgIpc) is 3.32. The summed E-state index contributed by atoms with van der Waals surface area (Å²) in [5, 5.41) is 9.64. The molecule has 1 N–H and O–H groups in total. The van der Waals surface area contributed by atoms with Gasteiger partial charge in [0.1, 0.15) is 6.61 Å². The maximum absolute atomic E-state index is 12.3. The number of allylic oxidation sites excluding steroid dienone is 24. The van der Waals surface area contributed by atoms with Gasteiger partial charge in [-0.2, -0.15) is 0 Å². The summed E-state index contributed by atoms with van der Waals surface area (Å²) in [5.41, 5.74) is 0. The topological polar surface area (TPSA) is 72.8 Å². The Morgan fingerprint density at radius 1 is 0.348 bits per heavy atom. The lowest BCUT2D eigenvalue weighted by atomic mass is 10.0. The first-order valence-electron chi connectivity index (χ1n) is 26.4. The second-order valence-corrected chi connectivity index (χ2v) is 16.8. The molecule has 0 aliphatic heterocycles. The highest BCUT2D eigenvalue weighted by Crippen LogP contribution is 2.14. The van der Waals surface area contributed by atoms with Crippen molar-refractivity contribution in [2.24, 2.45) is 0 Å². The monoisotopic (exact) mass is 909 g/mol. The summed E-state index contributed by atoms with van der Waals surface area (Å²) < 4.78 is 10.7. The molecule has 0 aromatic heterocycles. The number of carbonyl (C=O) groups is 2. The highest BCUT2D eigenvalue weighted by atomic mass is 16.6. The fourth-order valence-electron chi connectivity index (χ4n) is 6.74. The summed E-state index contributed by atoms with van der Waals surface area (Å²) in [5.74, 6) is -0.643. The van der Waals surface area contributed by atoms with Crippen LogP contribution in [0.15, 0.2) is 146 Å². The Labute approximate surface area is 406 Å². The van der Waals surface area contributed by atoms with E-state index in [4.69, 9.17) is 9.47 Å². The van der Waals surface area contributed by atoms with Crippen LogP contribution >= 0.6 is 0 Å². The van der Waals surface area contributed by atoms with Crippen LogP contribution in [0.3, 0.4) is 0 Å². The molecule has 0 amide bonds. The summed E-state index contributed by atoms with van der Waals surface area (Å²) in [4.78, 5) is 24.5. The SMILES string of the molecule is CC/C=C\C/C=C\C/C=C\C/C=C\C/C=C\C/C=C\C/C=C\CCCCCC(=O)OC(CO)COC(=O)CCCCCCCCCCCCC/C=C\C/C=C\C/C=C\C/C=C\C/C=C\CC.